The Morgan fingerprint density at radius 2 is 2.24 bits per heavy atom. The fraction of sp³-hybridized carbons (Fsp3) is 0.385. The molecule has 5 nitrogen and oxygen atoms in total. The van der Waals surface area contributed by atoms with Crippen molar-refractivity contribution in [2.24, 2.45) is 5.73 Å². The molecule has 3 rings (SSSR count). The number of nitrogens with zero attached hydrogens (tertiary/aromatic N) is 2. The van der Waals surface area contributed by atoms with E-state index in [0.29, 0.717) is 5.52 Å². The van der Waals surface area contributed by atoms with Crippen molar-refractivity contribution in [3.05, 3.63) is 29.7 Å². The maximum Gasteiger partial charge on any atom is 0.280 e. The predicted octanol–water partition coefficient (Wildman–Crippen LogP) is 1.51. The minimum absolute atomic E-state index is 0.00938. The van der Waals surface area contributed by atoms with Crippen LogP contribution in [0.4, 0.5) is 13.2 Å². The molecule has 112 valence electrons. The molecule has 1 aliphatic heterocycles. The number of piperidine rings is 1. The van der Waals surface area contributed by atoms with Crippen molar-refractivity contribution in [1.29, 1.82) is 0 Å². The first kappa shape index (κ1) is 13.9. The molecule has 0 bridgehead atoms. The van der Waals surface area contributed by atoms with E-state index >= 15 is 0 Å². The second kappa shape index (κ2) is 4.73. The number of aromatic amines is 1. The molecule has 3 N–H and O–H groups in total. The maximum absolute atomic E-state index is 13.6. The molecule has 1 atom stereocenters. The molecule has 0 spiro atoms. The number of nitrogens with one attached hydrogen (secondary N) is 1. The molecule has 1 amide bonds. The zero-order valence-corrected chi connectivity index (χ0v) is 10.9. The number of benzene rings is 1. The Morgan fingerprint density at radius 1 is 1.48 bits per heavy atom. The smallest absolute Gasteiger partial charge is 0.280 e. The van der Waals surface area contributed by atoms with Crippen molar-refractivity contribution in [1.82, 2.24) is 15.1 Å². The lowest BCUT2D eigenvalue weighted by atomic mass is 10.0. The van der Waals surface area contributed by atoms with Crippen molar-refractivity contribution >= 4 is 16.8 Å². The number of aromatic nitrogens is 2. The summed E-state index contributed by atoms with van der Waals surface area (Å²) in [6.45, 7) is -0.629. The quantitative estimate of drug-likeness (QED) is 0.838. The second-order valence-electron chi connectivity index (χ2n) is 5.15. The molecule has 2 aromatic rings. The SMILES string of the molecule is NC1CCN(C(=O)c2n[nH]c3ccc(F)cc23)CC1(F)F. The lowest BCUT2D eigenvalue weighted by Gasteiger charge is -2.36. The number of amides is 1. The summed E-state index contributed by atoms with van der Waals surface area (Å²) in [5, 5.41) is 6.68. The first-order chi connectivity index (χ1) is 9.88. The molecule has 0 radical (unpaired) electrons. The van der Waals surface area contributed by atoms with Gasteiger partial charge in [-0.3, -0.25) is 9.89 Å². The Balaban J connectivity index is 1.92. The fourth-order valence-corrected chi connectivity index (χ4v) is 2.43. The van der Waals surface area contributed by atoms with Gasteiger partial charge in [0.15, 0.2) is 5.69 Å². The number of fused-ring (bicyclic) bond motifs is 1. The Bertz CT molecular complexity index is 700. The van der Waals surface area contributed by atoms with Crippen LogP contribution < -0.4 is 5.73 Å². The average molecular weight is 298 g/mol. The highest BCUT2D eigenvalue weighted by molar-refractivity contribution is 6.04. The summed E-state index contributed by atoms with van der Waals surface area (Å²) in [6.07, 6.45) is 0.00938. The molecule has 1 unspecified atom stereocenters. The van der Waals surface area contributed by atoms with Crippen molar-refractivity contribution in [3.63, 3.8) is 0 Å². The van der Waals surface area contributed by atoms with Gasteiger partial charge in [0.1, 0.15) is 5.82 Å². The monoisotopic (exact) mass is 298 g/mol. The summed E-state index contributed by atoms with van der Waals surface area (Å²) >= 11 is 0. The van der Waals surface area contributed by atoms with Gasteiger partial charge in [0, 0.05) is 11.9 Å². The number of halogens is 3. The number of H-pyrrole nitrogens is 1. The second-order valence-corrected chi connectivity index (χ2v) is 5.15. The number of nitrogens with two attached hydrogens (primary N) is 1. The van der Waals surface area contributed by atoms with Gasteiger partial charge in [-0.1, -0.05) is 0 Å². The number of hydrogen-bond acceptors (Lipinski definition) is 3. The number of hydrogen-bond donors (Lipinski definition) is 2. The zero-order chi connectivity index (χ0) is 15.2. The highest BCUT2D eigenvalue weighted by Gasteiger charge is 2.44. The van der Waals surface area contributed by atoms with E-state index in [1.54, 1.807) is 0 Å². The van der Waals surface area contributed by atoms with Crippen molar-refractivity contribution in [2.75, 3.05) is 13.1 Å². The van der Waals surface area contributed by atoms with Crippen LogP contribution in [0.5, 0.6) is 0 Å². The fourth-order valence-electron chi connectivity index (χ4n) is 2.43. The van der Waals surface area contributed by atoms with E-state index in [9.17, 15) is 18.0 Å². The van der Waals surface area contributed by atoms with Crippen molar-refractivity contribution in [2.45, 2.75) is 18.4 Å². The molecule has 1 aliphatic rings. The summed E-state index contributed by atoms with van der Waals surface area (Å²) in [7, 11) is 0. The summed E-state index contributed by atoms with van der Waals surface area (Å²) < 4.78 is 40.5. The first-order valence-electron chi connectivity index (χ1n) is 6.45. The Kier molecular flexibility index (Phi) is 3.12. The van der Waals surface area contributed by atoms with Crippen LogP contribution in [0.25, 0.3) is 10.9 Å². The van der Waals surface area contributed by atoms with Gasteiger partial charge in [-0.15, -0.1) is 0 Å². The van der Waals surface area contributed by atoms with Crippen LogP contribution in [0.3, 0.4) is 0 Å². The minimum atomic E-state index is -3.13. The molecule has 2 heterocycles. The third kappa shape index (κ3) is 2.35. The topological polar surface area (TPSA) is 75.0 Å². The van der Waals surface area contributed by atoms with E-state index in [-0.39, 0.29) is 24.0 Å². The lowest BCUT2D eigenvalue weighted by molar-refractivity contribution is -0.0715. The molecule has 8 heteroatoms. The largest absolute Gasteiger partial charge is 0.331 e. The van der Waals surface area contributed by atoms with E-state index in [2.05, 4.69) is 10.2 Å². The zero-order valence-electron chi connectivity index (χ0n) is 10.9. The molecule has 21 heavy (non-hydrogen) atoms. The summed E-state index contributed by atoms with van der Waals surface area (Å²) in [4.78, 5) is 13.3. The van der Waals surface area contributed by atoms with Gasteiger partial charge in [0.05, 0.1) is 18.1 Å². The molecule has 1 aromatic carbocycles. The van der Waals surface area contributed by atoms with Crippen LogP contribution in [-0.2, 0) is 0 Å². The average Bonchev–Trinajstić information content (AvgIpc) is 2.84. The van der Waals surface area contributed by atoms with Gasteiger partial charge in [-0.05, 0) is 24.6 Å². The number of alkyl halides is 2. The van der Waals surface area contributed by atoms with Crippen molar-refractivity contribution < 1.29 is 18.0 Å². The third-order valence-electron chi connectivity index (χ3n) is 3.67. The van der Waals surface area contributed by atoms with E-state index in [1.807, 2.05) is 0 Å². The highest BCUT2D eigenvalue weighted by Crippen LogP contribution is 2.27. The molecule has 0 saturated carbocycles. The normalized spacial score (nSPS) is 21.7. The van der Waals surface area contributed by atoms with Gasteiger partial charge < -0.3 is 10.6 Å². The van der Waals surface area contributed by atoms with Crippen LogP contribution in [0.15, 0.2) is 18.2 Å². The standard InChI is InChI=1S/C13H13F3N4O/c14-7-1-2-9-8(5-7)11(19-18-9)12(21)20-4-3-10(17)13(15,16)6-20/h1-2,5,10H,3-4,6,17H2,(H,18,19). The number of carbonyl (C=O) groups excluding carboxylic acids is 1. The van der Waals surface area contributed by atoms with Gasteiger partial charge in [0.25, 0.3) is 11.8 Å². The highest BCUT2D eigenvalue weighted by atomic mass is 19.3. The summed E-state index contributed by atoms with van der Waals surface area (Å²) in [6, 6.07) is 2.56. The van der Waals surface area contributed by atoms with Gasteiger partial charge in [-0.25, -0.2) is 13.2 Å². The number of likely N-dealkylation sites (tertiary alicyclic amines) is 1. The Morgan fingerprint density at radius 3 is 2.95 bits per heavy atom. The van der Waals surface area contributed by atoms with Crippen LogP contribution in [0, 0.1) is 5.82 Å². The molecular weight excluding hydrogens is 285 g/mol. The minimum Gasteiger partial charge on any atom is -0.331 e. The first-order valence-corrected chi connectivity index (χ1v) is 6.45. The molecule has 1 aromatic heterocycles. The molecular formula is C13H13F3N4O. The van der Waals surface area contributed by atoms with Crippen LogP contribution >= 0.6 is 0 Å². The summed E-state index contributed by atoms with van der Waals surface area (Å²) in [5.74, 6) is -4.31. The molecule has 0 aliphatic carbocycles. The van der Waals surface area contributed by atoms with E-state index in [0.717, 1.165) is 11.0 Å². The Labute approximate surface area is 117 Å². The third-order valence-corrected chi connectivity index (χ3v) is 3.67. The van der Waals surface area contributed by atoms with Crippen molar-refractivity contribution in [3.8, 4) is 0 Å². The Hall–Kier alpha value is -2.09. The number of rotatable bonds is 1. The molecule has 1 saturated heterocycles. The maximum atomic E-state index is 13.6. The van der Waals surface area contributed by atoms with Gasteiger partial charge in [-0.2, -0.15) is 5.10 Å². The summed E-state index contributed by atoms with van der Waals surface area (Å²) in [5.41, 5.74) is 5.76. The molecule has 1 fully saturated rings. The van der Waals surface area contributed by atoms with Gasteiger partial charge in [0.2, 0.25) is 0 Å². The lowest BCUT2D eigenvalue weighted by Crippen LogP contribution is -2.56. The van der Waals surface area contributed by atoms with Gasteiger partial charge >= 0.3 is 0 Å². The van der Waals surface area contributed by atoms with E-state index in [4.69, 9.17) is 5.73 Å². The van der Waals surface area contributed by atoms with Crippen LogP contribution in [-0.4, -0.2) is 46.1 Å². The van der Waals surface area contributed by atoms with E-state index < -0.39 is 30.2 Å². The van der Waals surface area contributed by atoms with Crippen LogP contribution in [0.1, 0.15) is 16.9 Å². The van der Waals surface area contributed by atoms with Crippen LogP contribution in [0.2, 0.25) is 0 Å². The van der Waals surface area contributed by atoms with E-state index in [1.165, 1.54) is 12.1 Å². The number of carbonyl (C=O) groups is 1. The predicted molar refractivity (Wildman–Crippen MR) is 69.5 cm³/mol.